The number of hydrogen-bond donors (Lipinski definition) is 1. The number of halogens is 1. The number of carbonyl (C=O) groups is 1. The van der Waals surface area contributed by atoms with Crippen molar-refractivity contribution >= 4 is 33.3 Å². The molecule has 1 N–H and O–H groups in total. The third kappa shape index (κ3) is 4.64. The van der Waals surface area contributed by atoms with Crippen LogP contribution in [0.25, 0.3) is 10.2 Å². The van der Waals surface area contributed by atoms with Gasteiger partial charge in [0.15, 0.2) is 0 Å². The standard InChI is InChI=1S/C23H26FN5O3S/c24-17-4-1-2-5-18(17)26-23(31)28-9-6-16-19(14-28)33-21-20(16)22(30)29(15-25-21)8-3-7-27-10-12-32-13-11-27/h1-2,4-5,15H,3,6-14H2,(H,26,31). The van der Waals surface area contributed by atoms with Gasteiger partial charge in [-0.3, -0.25) is 14.3 Å². The highest BCUT2D eigenvalue weighted by atomic mass is 32.1. The first-order valence-electron chi connectivity index (χ1n) is 11.2. The summed E-state index contributed by atoms with van der Waals surface area (Å²) in [6.07, 6.45) is 3.09. The Morgan fingerprint density at radius 1 is 1.18 bits per heavy atom. The lowest BCUT2D eigenvalue weighted by Gasteiger charge is -2.27. The summed E-state index contributed by atoms with van der Waals surface area (Å²) in [5.74, 6) is -0.469. The molecule has 0 spiro atoms. The van der Waals surface area contributed by atoms with Crippen molar-refractivity contribution in [2.45, 2.75) is 25.9 Å². The van der Waals surface area contributed by atoms with Crippen LogP contribution in [-0.4, -0.2) is 64.8 Å². The summed E-state index contributed by atoms with van der Waals surface area (Å²) >= 11 is 1.46. The highest BCUT2D eigenvalue weighted by Crippen LogP contribution is 2.32. The van der Waals surface area contributed by atoms with E-state index in [0.29, 0.717) is 36.3 Å². The molecule has 5 rings (SSSR count). The molecule has 0 radical (unpaired) electrons. The van der Waals surface area contributed by atoms with Gasteiger partial charge in [0.05, 0.1) is 37.2 Å². The number of nitrogens with zero attached hydrogens (tertiary/aromatic N) is 4. The fourth-order valence-corrected chi connectivity index (χ4v) is 5.59. The smallest absolute Gasteiger partial charge is 0.322 e. The van der Waals surface area contributed by atoms with Crippen molar-refractivity contribution < 1.29 is 13.9 Å². The Morgan fingerprint density at radius 3 is 2.82 bits per heavy atom. The number of carbonyl (C=O) groups excluding carboxylic acids is 1. The monoisotopic (exact) mass is 471 g/mol. The van der Waals surface area contributed by atoms with E-state index in [0.717, 1.165) is 49.7 Å². The van der Waals surface area contributed by atoms with Crippen LogP contribution in [0.15, 0.2) is 35.4 Å². The topological polar surface area (TPSA) is 79.7 Å². The summed E-state index contributed by atoms with van der Waals surface area (Å²) in [7, 11) is 0. The second-order valence-corrected chi connectivity index (χ2v) is 9.40. The van der Waals surface area contributed by atoms with E-state index in [2.05, 4.69) is 15.2 Å². The Hall–Kier alpha value is -2.82. The molecule has 2 amide bonds. The Bertz CT molecular complexity index is 1220. The number of ether oxygens (including phenoxy) is 1. The van der Waals surface area contributed by atoms with Gasteiger partial charge in [-0.1, -0.05) is 12.1 Å². The molecule has 0 atom stereocenters. The van der Waals surface area contributed by atoms with Gasteiger partial charge < -0.3 is 15.0 Å². The van der Waals surface area contributed by atoms with Crippen LogP contribution in [0.1, 0.15) is 16.9 Å². The third-order valence-corrected chi connectivity index (χ3v) is 7.33. The van der Waals surface area contributed by atoms with Crippen LogP contribution < -0.4 is 10.9 Å². The summed E-state index contributed by atoms with van der Waals surface area (Å²) in [5, 5.41) is 3.32. The van der Waals surface area contributed by atoms with Gasteiger partial charge in [0.25, 0.3) is 5.56 Å². The summed E-state index contributed by atoms with van der Waals surface area (Å²) in [6.45, 7) is 5.81. The Labute approximate surface area is 194 Å². The van der Waals surface area contributed by atoms with Gasteiger partial charge in [-0.15, -0.1) is 11.3 Å². The zero-order chi connectivity index (χ0) is 22.8. The van der Waals surface area contributed by atoms with Gasteiger partial charge in [0, 0.05) is 37.6 Å². The van der Waals surface area contributed by atoms with E-state index in [9.17, 15) is 14.0 Å². The first kappa shape index (κ1) is 22.0. The maximum atomic E-state index is 13.9. The molecule has 2 aromatic heterocycles. The van der Waals surface area contributed by atoms with E-state index < -0.39 is 5.82 Å². The maximum absolute atomic E-state index is 13.9. The van der Waals surface area contributed by atoms with E-state index in [4.69, 9.17) is 4.74 Å². The van der Waals surface area contributed by atoms with Crippen molar-refractivity contribution in [1.29, 1.82) is 0 Å². The molecule has 1 saturated heterocycles. The molecule has 174 valence electrons. The SMILES string of the molecule is O=C(Nc1ccccc1F)N1CCc2c(sc3ncn(CCCN4CCOCC4)c(=O)c23)C1. The lowest BCUT2D eigenvalue weighted by molar-refractivity contribution is 0.0369. The zero-order valence-electron chi connectivity index (χ0n) is 18.3. The van der Waals surface area contributed by atoms with Gasteiger partial charge >= 0.3 is 6.03 Å². The summed E-state index contributed by atoms with van der Waals surface area (Å²) in [5.41, 5.74) is 1.14. The van der Waals surface area contributed by atoms with Crippen LogP contribution >= 0.6 is 11.3 Å². The minimum atomic E-state index is -0.469. The van der Waals surface area contributed by atoms with Crippen LogP contribution in [-0.2, 0) is 24.2 Å². The van der Waals surface area contributed by atoms with Crippen LogP contribution in [0.2, 0.25) is 0 Å². The van der Waals surface area contributed by atoms with Crippen LogP contribution in [0.5, 0.6) is 0 Å². The molecule has 4 heterocycles. The normalized spacial score (nSPS) is 16.7. The van der Waals surface area contributed by atoms with E-state index >= 15 is 0 Å². The van der Waals surface area contributed by atoms with Crippen molar-refractivity contribution in [3.05, 3.63) is 57.2 Å². The van der Waals surface area contributed by atoms with Gasteiger partial charge in [0.2, 0.25) is 0 Å². The van der Waals surface area contributed by atoms with Crippen molar-refractivity contribution in [2.75, 3.05) is 44.7 Å². The minimum Gasteiger partial charge on any atom is -0.379 e. The predicted molar refractivity (Wildman–Crippen MR) is 125 cm³/mol. The van der Waals surface area contributed by atoms with E-state index in [1.807, 2.05) is 0 Å². The Kier molecular flexibility index (Phi) is 6.39. The van der Waals surface area contributed by atoms with Crippen molar-refractivity contribution in [3.8, 4) is 0 Å². The van der Waals surface area contributed by atoms with Gasteiger partial charge in [-0.2, -0.15) is 0 Å². The average Bonchev–Trinajstić information content (AvgIpc) is 3.21. The quantitative estimate of drug-likeness (QED) is 0.619. The molecule has 0 unspecified atom stereocenters. The highest BCUT2D eigenvalue weighted by Gasteiger charge is 2.27. The molecule has 8 nitrogen and oxygen atoms in total. The minimum absolute atomic E-state index is 0.0104. The average molecular weight is 472 g/mol. The number of morpholine rings is 1. The van der Waals surface area contributed by atoms with Crippen LogP contribution in [0.3, 0.4) is 0 Å². The molecular weight excluding hydrogens is 445 g/mol. The van der Waals surface area contributed by atoms with Crippen LogP contribution in [0, 0.1) is 5.82 Å². The molecule has 0 bridgehead atoms. The number of benzene rings is 1. The molecule has 0 saturated carbocycles. The summed E-state index contributed by atoms with van der Waals surface area (Å²) in [6, 6.07) is 5.76. The van der Waals surface area contributed by atoms with Gasteiger partial charge in [-0.05, 0) is 30.5 Å². The van der Waals surface area contributed by atoms with E-state index in [1.54, 1.807) is 27.9 Å². The largest absolute Gasteiger partial charge is 0.379 e. The third-order valence-electron chi connectivity index (χ3n) is 6.21. The number of hydrogen-bond acceptors (Lipinski definition) is 6. The predicted octanol–water partition coefficient (Wildman–Crippen LogP) is 2.91. The summed E-state index contributed by atoms with van der Waals surface area (Å²) in [4.78, 5) is 36.1. The van der Waals surface area contributed by atoms with Crippen LogP contribution in [0.4, 0.5) is 14.9 Å². The number of para-hydroxylation sites is 1. The highest BCUT2D eigenvalue weighted by molar-refractivity contribution is 7.18. The molecule has 3 aromatic rings. The molecule has 1 aromatic carbocycles. The fraction of sp³-hybridized carbons (Fsp3) is 0.435. The molecule has 33 heavy (non-hydrogen) atoms. The second-order valence-electron chi connectivity index (χ2n) is 8.32. The number of thiophene rings is 1. The summed E-state index contributed by atoms with van der Waals surface area (Å²) < 4.78 is 21.0. The Morgan fingerprint density at radius 2 is 2.00 bits per heavy atom. The first-order chi connectivity index (χ1) is 16.1. The van der Waals surface area contributed by atoms with Gasteiger partial charge in [-0.25, -0.2) is 14.2 Å². The molecule has 2 aliphatic rings. The zero-order valence-corrected chi connectivity index (χ0v) is 19.1. The number of fused-ring (bicyclic) bond motifs is 3. The van der Waals surface area contributed by atoms with Crippen molar-refractivity contribution in [3.63, 3.8) is 0 Å². The van der Waals surface area contributed by atoms with Crippen molar-refractivity contribution in [1.82, 2.24) is 19.4 Å². The fourth-order valence-electron chi connectivity index (χ4n) is 4.40. The molecule has 0 aliphatic carbocycles. The van der Waals surface area contributed by atoms with Gasteiger partial charge in [0.1, 0.15) is 10.6 Å². The molecule has 2 aliphatic heterocycles. The molecule has 10 heteroatoms. The second kappa shape index (κ2) is 9.58. The lowest BCUT2D eigenvalue weighted by atomic mass is 10.1. The first-order valence-corrected chi connectivity index (χ1v) is 12.0. The molecular formula is C23H26FN5O3S. The molecule has 1 fully saturated rings. The number of rotatable bonds is 5. The van der Waals surface area contributed by atoms with Crippen molar-refractivity contribution in [2.24, 2.45) is 0 Å². The maximum Gasteiger partial charge on any atom is 0.322 e. The Balaban J connectivity index is 1.28. The van der Waals surface area contributed by atoms with E-state index in [-0.39, 0.29) is 17.3 Å². The van der Waals surface area contributed by atoms with E-state index in [1.165, 1.54) is 23.5 Å². The number of anilines is 1. The lowest BCUT2D eigenvalue weighted by Crippen LogP contribution is -2.38. The number of aromatic nitrogens is 2. The number of nitrogens with one attached hydrogen (secondary N) is 1. The number of aryl methyl sites for hydroxylation is 1. The number of urea groups is 1. The number of amides is 2.